The molecular weight excluding hydrogens is 293 g/mol. The first-order valence-corrected chi connectivity index (χ1v) is 8.04. The van der Waals surface area contributed by atoms with Gasteiger partial charge in [0, 0.05) is 12.6 Å². The van der Waals surface area contributed by atoms with E-state index in [-0.39, 0.29) is 12.1 Å². The molecule has 0 amide bonds. The van der Waals surface area contributed by atoms with Crippen LogP contribution in [0.1, 0.15) is 33.3 Å². The topological polar surface area (TPSA) is 21.3 Å². The molecule has 2 nitrogen and oxygen atoms in total. The average Bonchev–Trinajstić information content (AvgIpc) is 2.40. The summed E-state index contributed by atoms with van der Waals surface area (Å²) < 4.78 is 5.92. The average molecular weight is 318 g/mol. The molecule has 0 radical (unpaired) electrons. The standard InChI is InChI=1S/C16H25Cl2NO/c1-5-19-14(16(11(3)4)20-6-2)10-12-8-7-9-13(17)15(12)18/h7-9,11,14,16,19H,5-6,10H2,1-4H3. The van der Waals surface area contributed by atoms with Gasteiger partial charge in [0.05, 0.1) is 16.1 Å². The second-order valence-corrected chi connectivity index (χ2v) is 6.03. The van der Waals surface area contributed by atoms with Gasteiger partial charge in [0.1, 0.15) is 0 Å². The van der Waals surface area contributed by atoms with Gasteiger partial charge in [0.15, 0.2) is 0 Å². The Morgan fingerprint density at radius 3 is 2.45 bits per heavy atom. The fraction of sp³-hybridized carbons (Fsp3) is 0.625. The molecule has 0 aromatic heterocycles. The second-order valence-electron chi connectivity index (χ2n) is 5.25. The van der Waals surface area contributed by atoms with Crippen molar-refractivity contribution in [2.75, 3.05) is 13.2 Å². The smallest absolute Gasteiger partial charge is 0.0753 e. The molecule has 1 aromatic carbocycles. The minimum absolute atomic E-state index is 0.162. The Kier molecular flexibility index (Phi) is 7.90. The number of hydrogen-bond donors (Lipinski definition) is 1. The van der Waals surface area contributed by atoms with Crippen LogP contribution in [0.2, 0.25) is 10.0 Å². The van der Waals surface area contributed by atoms with Gasteiger partial charge in [-0.3, -0.25) is 0 Å². The molecule has 0 heterocycles. The van der Waals surface area contributed by atoms with Crippen LogP contribution in [0, 0.1) is 5.92 Å². The minimum atomic E-state index is 0.162. The first-order valence-electron chi connectivity index (χ1n) is 7.29. The molecule has 0 bridgehead atoms. The van der Waals surface area contributed by atoms with Crippen molar-refractivity contribution < 1.29 is 4.74 Å². The van der Waals surface area contributed by atoms with Gasteiger partial charge in [0.25, 0.3) is 0 Å². The van der Waals surface area contributed by atoms with Crippen LogP contribution in [0.5, 0.6) is 0 Å². The first kappa shape index (κ1) is 17.8. The monoisotopic (exact) mass is 317 g/mol. The summed E-state index contributed by atoms with van der Waals surface area (Å²) in [7, 11) is 0. The van der Waals surface area contributed by atoms with Crippen molar-refractivity contribution in [3.63, 3.8) is 0 Å². The molecule has 20 heavy (non-hydrogen) atoms. The summed E-state index contributed by atoms with van der Waals surface area (Å²) in [5.41, 5.74) is 1.07. The highest BCUT2D eigenvalue weighted by atomic mass is 35.5. The van der Waals surface area contributed by atoms with Crippen molar-refractivity contribution in [3.05, 3.63) is 33.8 Å². The van der Waals surface area contributed by atoms with Crippen molar-refractivity contribution in [3.8, 4) is 0 Å². The van der Waals surface area contributed by atoms with Gasteiger partial charge in [-0.05, 0) is 37.4 Å². The second kappa shape index (κ2) is 8.89. The Morgan fingerprint density at radius 1 is 1.20 bits per heavy atom. The van der Waals surface area contributed by atoms with Crippen LogP contribution in [-0.4, -0.2) is 25.3 Å². The van der Waals surface area contributed by atoms with Crippen LogP contribution in [0.3, 0.4) is 0 Å². The van der Waals surface area contributed by atoms with E-state index in [1.165, 1.54) is 0 Å². The summed E-state index contributed by atoms with van der Waals surface area (Å²) in [6, 6.07) is 6.02. The summed E-state index contributed by atoms with van der Waals surface area (Å²) in [5, 5.41) is 4.77. The van der Waals surface area contributed by atoms with E-state index in [0.29, 0.717) is 22.6 Å². The lowest BCUT2D eigenvalue weighted by atomic mass is 9.93. The highest BCUT2D eigenvalue weighted by Gasteiger charge is 2.25. The van der Waals surface area contributed by atoms with Crippen molar-refractivity contribution >= 4 is 23.2 Å². The number of likely N-dealkylation sites (N-methyl/N-ethyl adjacent to an activating group) is 1. The zero-order chi connectivity index (χ0) is 15.1. The quantitative estimate of drug-likeness (QED) is 0.758. The molecule has 0 aliphatic rings. The number of ether oxygens (including phenoxy) is 1. The molecule has 0 spiro atoms. The van der Waals surface area contributed by atoms with Crippen molar-refractivity contribution in [2.45, 2.75) is 46.3 Å². The summed E-state index contributed by atoms with van der Waals surface area (Å²) in [5.74, 6) is 0.442. The highest BCUT2D eigenvalue weighted by Crippen LogP contribution is 2.27. The molecule has 2 unspecified atom stereocenters. The molecule has 0 fully saturated rings. The lowest BCUT2D eigenvalue weighted by molar-refractivity contribution is 0.00396. The van der Waals surface area contributed by atoms with Crippen molar-refractivity contribution in [1.82, 2.24) is 5.32 Å². The van der Waals surface area contributed by atoms with Crippen LogP contribution >= 0.6 is 23.2 Å². The number of rotatable bonds is 8. The molecule has 114 valence electrons. The minimum Gasteiger partial charge on any atom is -0.377 e. The van der Waals surface area contributed by atoms with Crippen molar-refractivity contribution in [2.24, 2.45) is 5.92 Å². The van der Waals surface area contributed by atoms with Crippen LogP contribution in [0.15, 0.2) is 18.2 Å². The van der Waals surface area contributed by atoms with E-state index >= 15 is 0 Å². The molecule has 1 rings (SSSR count). The summed E-state index contributed by atoms with van der Waals surface area (Å²) >= 11 is 12.4. The number of nitrogens with one attached hydrogen (secondary N) is 1. The fourth-order valence-electron chi connectivity index (χ4n) is 2.48. The Morgan fingerprint density at radius 2 is 1.90 bits per heavy atom. The SMILES string of the molecule is CCNC(Cc1cccc(Cl)c1Cl)C(OCC)C(C)C. The molecule has 2 atom stereocenters. The maximum atomic E-state index is 6.30. The van der Waals surface area contributed by atoms with E-state index < -0.39 is 0 Å². The molecular formula is C16H25Cl2NO. The van der Waals surface area contributed by atoms with Crippen LogP contribution in [0.25, 0.3) is 0 Å². The number of benzene rings is 1. The van der Waals surface area contributed by atoms with Crippen LogP contribution in [0.4, 0.5) is 0 Å². The molecule has 1 aromatic rings. The maximum Gasteiger partial charge on any atom is 0.0753 e. The summed E-state index contributed by atoms with van der Waals surface area (Å²) in [4.78, 5) is 0. The molecule has 0 saturated carbocycles. The Balaban J connectivity index is 2.92. The van der Waals surface area contributed by atoms with Gasteiger partial charge in [-0.25, -0.2) is 0 Å². The summed E-state index contributed by atoms with van der Waals surface area (Å²) in [6.45, 7) is 10.1. The lowest BCUT2D eigenvalue weighted by Gasteiger charge is -2.31. The van der Waals surface area contributed by atoms with Gasteiger partial charge in [-0.15, -0.1) is 0 Å². The maximum absolute atomic E-state index is 6.30. The van der Waals surface area contributed by atoms with E-state index in [4.69, 9.17) is 27.9 Å². The zero-order valence-corrected chi connectivity index (χ0v) is 14.3. The van der Waals surface area contributed by atoms with Crippen molar-refractivity contribution in [1.29, 1.82) is 0 Å². The van der Waals surface area contributed by atoms with Crippen LogP contribution in [-0.2, 0) is 11.2 Å². The Bertz CT molecular complexity index is 409. The normalized spacial score (nSPS) is 14.6. The van der Waals surface area contributed by atoms with Gasteiger partial charge in [-0.2, -0.15) is 0 Å². The van der Waals surface area contributed by atoms with E-state index in [2.05, 4.69) is 26.1 Å². The Hall–Kier alpha value is -0.280. The largest absolute Gasteiger partial charge is 0.377 e. The van der Waals surface area contributed by atoms with E-state index in [1.54, 1.807) is 0 Å². The predicted molar refractivity (Wildman–Crippen MR) is 87.9 cm³/mol. The van der Waals surface area contributed by atoms with Crippen LogP contribution < -0.4 is 5.32 Å². The fourth-order valence-corrected chi connectivity index (χ4v) is 2.87. The third-order valence-electron chi connectivity index (χ3n) is 3.35. The predicted octanol–water partition coefficient (Wildman–Crippen LogP) is 4.58. The molecule has 0 saturated heterocycles. The van der Waals surface area contributed by atoms with E-state index in [1.807, 2.05) is 25.1 Å². The van der Waals surface area contributed by atoms with Gasteiger partial charge >= 0.3 is 0 Å². The first-order chi connectivity index (χ1) is 9.51. The third-order valence-corrected chi connectivity index (χ3v) is 4.21. The molecule has 1 N–H and O–H groups in total. The molecule has 0 aliphatic carbocycles. The number of halogens is 2. The van der Waals surface area contributed by atoms with Gasteiger partial charge < -0.3 is 10.1 Å². The van der Waals surface area contributed by atoms with Gasteiger partial charge in [0.2, 0.25) is 0 Å². The zero-order valence-electron chi connectivity index (χ0n) is 12.7. The molecule has 0 aliphatic heterocycles. The van der Waals surface area contributed by atoms with E-state index in [0.717, 1.165) is 18.5 Å². The highest BCUT2D eigenvalue weighted by molar-refractivity contribution is 6.42. The van der Waals surface area contributed by atoms with E-state index in [9.17, 15) is 0 Å². The summed E-state index contributed by atoms with van der Waals surface area (Å²) in [6.07, 6.45) is 0.978. The number of hydrogen-bond acceptors (Lipinski definition) is 2. The lowest BCUT2D eigenvalue weighted by Crippen LogP contribution is -2.45. The third kappa shape index (κ3) is 4.92. The Labute approximate surface area is 132 Å². The molecule has 4 heteroatoms. The van der Waals surface area contributed by atoms with Gasteiger partial charge in [-0.1, -0.05) is 56.1 Å².